The van der Waals surface area contributed by atoms with Crippen LogP contribution in [0.25, 0.3) is 10.2 Å². The van der Waals surface area contributed by atoms with Gasteiger partial charge in [0.2, 0.25) is 5.91 Å². The lowest BCUT2D eigenvalue weighted by Gasteiger charge is -2.20. The second-order valence-electron chi connectivity index (χ2n) is 5.89. The third-order valence-corrected chi connectivity index (χ3v) is 5.18. The van der Waals surface area contributed by atoms with Gasteiger partial charge in [0.15, 0.2) is 5.13 Å². The van der Waals surface area contributed by atoms with Crippen molar-refractivity contribution in [3.63, 3.8) is 0 Å². The molecule has 0 aliphatic heterocycles. The molecular weight excluding hydrogens is 363 g/mol. The van der Waals surface area contributed by atoms with Crippen molar-refractivity contribution < 1.29 is 4.79 Å². The van der Waals surface area contributed by atoms with Gasteiger partial charge in [-0.3, -0.25) is 4.79 Å². The highest BCUT2D eigenvalue weighted by Gasteiger charge is 2.25. The number of hydrogen-bond donors (Lipinski definition) is 1. The zero-order valence-electron chi connectivity index (χ0n) is 13.2. The summed E-state index contributed by atoms with van der Waals surface area (Å²) in [5.41, 5.74) is 1.77. The van der Waals surface area contributed by atoms with E-state index in [2.05, 4.69) is 10.3 Å². The van der Waals surface area contributed by atoms with Gasteiger partial charge in [0.1, 0.15) is 0 Å². The zero-order valence-corrected chi connectivity index (χ0v) is 15.5. The van der Waals surface area contributed by atoms with E-state index in [0.717, 1.165) is 15.8 Å². The molecule has 124 valence electrons. The fraction of sp³-hybridized carbons (Fsp3) is 0.222. The average Bonchev–Trinajstić information content (AvgIpc) is 2.90. The Bertz CT molecular complexity index is 874. The molecule has 0 aliphatic rings. The Balaban J connectivity index is 1.85. The molecule has 0 unspecified atom stereocenters. The quantitative estimate of drug-likeness (QED) is 0.606. The highest BCUT2D eigenvalue weighted by atomic mass is 35.5. The van der Waals surface area contributed by atoms with E-state index in [0.29, 0.717) is 15.2 Å². The van der Waals surface area contributed by atoms with E-state index in [9.17, 15) is 4.79 Å². The lowest BCUT2D eigenvalue weighted by Crippen LogP contribution is -2.25. The van der Waals surface area contributed by atoms with Crippen molar-refractivity contribution in [1.82, 2.24) is 4.98 Å². The number of nitrogens with one attached hydrogen (secondary N) is 1. The molecular formula is C18H16Cl2N2OS. The van der Waals surface area contributed by atoms with Gasteiger partial charge in [-0.1, -0.05) is 60.5 Å². The molecule has 0 fully saturated rings. The summed E-state index contributed by atoms with van der Waals surface area (Å²) in [6, 6.07) is 12.9. The standard InChI is InChI=1S/C18H16Cl2N2OS/c1-10(2)16(11-3-5-12(19)6-4-11)17(23)22-18-21-14-8-7-13(20)9-15(14)24-18/h3-10,16H,1-2H3,(H,21,22,23)/t16-/m1/s1. The van der Waals surface area contributed by atoms with Gasteiger partial charge in [-0.2, -0.15) is 0 Å². The van der Waals surface area contributed by atoms with Crippen LogP contribution in [0, 0.1) is 5.92 Å². The van der Waals surface area contributed by atoms with Gasteiger partial charge in [-0.25, -0.2) is 4.98 Å². The fourth-order valence-electron chi connectivity index (χ4n) is 2.64. The molecule has 1 N–H and O–H groups in total. The van der Waals surface area contributed by atoms with E-state index in [4.69, 9.17) is 23.2 Å². The summed E-state index contributed by atoms with van der Waals surface area (Å²) < 4.78 is 0.949. The summed E-state index contributed by atoms with van der Waals surface area (Å²) in [6.45, 7) is 4.05. The Hall–Kier alpha value is -1.62. The van der Waals surface area contributed by atoms with E-state index >= 15 is 0 Å². The Morgan fingerprint density at radius 1 is 1.08 bits per heavy atom. The third-order valence-electron chi connectivity index (χ3n) is 3.76. The minimum Gasteiger partial charge on any atom is -0.301 e. The second kappa shape index (κ2) is 7.09. The molecule has 0 radical (unpaired) electrons. The number of hydrogen-bond acceptors (Lipinski definition) is 3. The van der Waals surface area contributed by atoms with Crippen LogP contribution in [0.3, 0.4) is 0 Å². The highest BCUT2D eigenvalue weighted by molar-refractivity contribution is 7.22. The van der Waals surface area contributed by atoms with Crippen molar-refractivity contribution in [2.45, 2.75) is 19.8 Å². The van der Waals surface area contributed by atoms with Gasteiger partial charge in [0, 0.05) is 10.0 Å². The fourth-order valence-corrected chi connectivity index (χ4v) is 3.92. The first-order valence-electron chi connectivity index (χ1n) is 7.56. The van der Waals surface area contributed by atoms with Crippen molar-refractivity contribution >= 4 is 55.8 Å². The molecule has 0 aliphatic carbocycles. The van der Waals surface area contributed by atoms with Crippen LogP contribution in [-0.4, -0.2) is 10.9 Å². The minimum absolute atomic E-state index is 0.0718. The predicted molar refractivity (Wildman–Crippen MR) is 102 cm³/mol. The number of amides is 1. The summed E-state index contributed by atoms with van der Waals surface area (Å²) in [4.78, 5) is 17.2. The monoisotopic (exact) mass is 378 g/mol. The molecule has 0 saturated carbocycles. The Kier molecular flexibility index (Phi) is 5.09. The van der Waals surface area contributed by atoms with Crippen LogP contribution >= 0.6 is 34.5 Å². The molecule has 24 heavy (non-hydrogen) atoms. The molecule has 2 aromatic carbocycles. The molecule has 0 saturated heterocycles. The van der Waals surface area contributed by atoms with E-state index in [-0.39, 0.29) is 17.7 Å². The van der Waals surface area contributed by atoms with Gasteiger partial charge in [-0.15, -0.1) is 0 Å². The van der Waals surface area contributed by atoms with Crippen LogP contribution in [-0.2, 0) is 4.79 Å². The van der Waals surface area contributed by atoms with Crippen LogP contribution in [0.1, 0.15) is 25.3 Å². The maximum Gasteiger partial charge on any atom is 0.233 e. The molecule has 3 rings (SSSR count). The number of halogens is 2. The number of carbonyl (C=O) groups is 1. The van der Waals surface area contributed by atoms with Gasteiger partial charge >= 0.3 is 0 Å². The van der Waals surface area contributed by atoms with Crippen LogP contribution in [0.4, 0.5) is 5.13 Å². The van der Waals surface area contributed by atoms with Crippen molar-refractivity contribution in [3.05, 3.63) is 58.1 Å². The van der Waals surface area contributed by atoms with E-state index < -0.39 is 0 Å². The third kappa shape index (κ3) is 3.72. The highest BCUT2D eigenvalue weighted by Crippen LogP contribution is 2.31. The Labute approximate surface area is 154 Å². The Morgan fingerprint density at radius 3 is 2.42 bits per heavy atom. The lowest BCUT2D eigenvalue weighted by atomic mass is 9.88. The van der Waals surface area contributed by atoms with E-state index in [1.165, 1.54) is 11.3 Å². The molecule has 1 atom stereocenters. The van der Waals surface area contributed by atoms with Crippen LogP contribution in [0.2, 0.25) is 10.0 Å². The number of fused-ring (bicyclic) bond motifs is 1. The van der Waals surface area contributed by atoms with Crippen LogP contribution in [0.15, 0.2) is 42.5 Å². The number of aromatic nitrogens is 1. The number of rotatable bonds is 4. The molecule has 6 heteroatoms. The number of anilines is 1. The lowest BCUT2D eigenvalue weighted by molar-refractivity contribution is -0.118. The van der Waals surface area contributed by atoms with Crippen LogP contribution < -0.4 is 5.32 Å². The zero-order chi connectivity index (χ0) is 17.3. The van der Waals surface area contributed by atoms with Gasteiger partial charge < -0.3 is 5.32 Å². The first kappa shape index (κ1) is 17.2. The summed E-state index contributed by atoms with van der Waals surface area (Å²) in [7, 11) is 0. The molecule has 0 spiro atoms. The summed E-state index contributed by atoms with van der Waals surface area (Å²) >= 11 is 13.4. The summed E-state index contributed by atoms with van der Waals surface area (Å²) in [6.07, 6.45) is 0. The largest absolute Gasteiger partial charge is 0.301 e. The van der Waals surface area contributed by atoms with Crippen molar-refractivity contribution in [1.29, 1.82) is 0 Å². The first-order valence-corrected chi connectivity index (χ1v) is 9.13. The summed E-state index contributed by atoms with van der Waals surface area (Å²) in [5.74, 6) is -0.189. The van der Waals surface area contributed by atoms with Gasteiger partial charge in [0.05, 0.1) is 16.1 Å². The van der Waals surface area contributed by atoms with Crippen molar-refractivity contribution in [2.24, 2.45) is 5.92 Å². The number of nitrogens with zero attached hydrogens (tertiary/aromatic N) is 1. The first-order chi connectivity index (χ1) is 11.4. The van der Waals surface area contributed by atoms with Crippen molar-refractivity contribution in [2.75, 3.05) is 5.32 Å². The molecule has 0 bridgehead atoms. The molecule has 1 aromatic heterocycles. The average molecular weight is 379 g/mol. The molecule has 1 amide bonds. The topological polar surface area (TPSA) is 42.0 Å². The normalized spacial score (nSPS) is 12.5. The molecule has 3 aromatic rings. The number of benzene rings is 2. The number of carbonyl (C=O) groups excluding carboxylic acids is 1. The molecule has 1 heterocycles. The van der Waals surface area contributed by atoms with Gasteiger partial charge in [0.25, 0.3) is 0 Å². The van der Waals surface area contributed by atoms with Crippen LogP contribution in [0.5, 0.6) is 0 Å². The maximum atomic E-state index is 12.8. The number of thiazole rings is 1. The minimum atomic E-state index is -0.266. The Morgan fingerprint density at radius 2 is 1.75 bits per heavy atom. The van der Waals surface area contributed by atoms with E-state index in [1.807, 2.05) is 38.1 Å². The predicted octanol–water partition coefficient (Wildman–Crippen LogP) is 5.98. The second-order valence-corrected chi connectivity index (χ2v) is 7.80. The maximum absolute atomic E-state index is 12.8. The smallest absolute Gasteiger partial charge is 0.233 e. The molecule has 3 nitrogen and oxygen atoms in total. The van der Waals surface area contributed by atoms with Crippen molar-refractivity contribution in [3.8, 4) is 0 Å². The van der Waals surface area contributed by atoms with E-state index in [1.54, 1.807) is 18.2 Å². The summed E-state index contributed by atoms with van der Waals surface area (Å²) in [5, 5.41) is 4.83. The van der Waals surface area contributed by atoms with Gasteiger partial charge in [-0.05, 0) is 41.8 Å². The SMILES string of the molecule is CC(C)[C@@H](C(=O)Nc1nc2ccc(Cl)cc2s1)c1ccc(Cl)cc1.